The Morgan fingerprint density at radius 2 is 1.75 bits per heavy atom. The van der Waals surface area contributed by atoms with Crippen LogP contribution in [0.15, 0.2) is 17.0 Å². The number of benzene rings is 1. The second kappa shape index (κ2) is 4.58. The molecule has 0 bridgehead atoms. The number of phenols is 1. The number of aryl methyl sites for hydroxylation is 1. The molecule has 1 rings (SSSR count). The van der Waals surface area contributed by atoms with Crippen LogP contribution in [0.25, 0.3) is 0 Å². The van der Waals surface area contributed by atoms with Crippen molar-refractivity contribution in [1.82, 2.24) is 0 Å². The van der Waals surface area contributed by atoms with Gasteiger partial charge < -0.3 is 10.0 Å². The zero-order valence-corrected chi connectivity index (χ0v) is 11.8. The first-order valence-corrected chi connectivity index (χ1v) is 6.22. The summed E-state index contributed by atoms with van der Waals surface area (Å²) in [4.78, 5) is 2.89. The molecule has 90 valence electrons. The van der Waals surface area contributed by atoms with E-state index in [4.69, 9.17) is 0 Å². The molecular weight excluding hydrogens is 218 g/mol. The highest BCUT2D eigenvalue weighted by molar-refractivity contribution is 8.00. The predicted octanol–water partition coefficient (Wildman–Crippen LogP) is 3.66. The van der Waals surface area contributed by atoms with E-state index < -0.39 is 0 Å². The van der Waals surface area contributed by atoms with E-state index in [0.717, 1.165) is 10.6 Å². The Labute approximate surface area is 103 Å². The molecule has 0 heterocycles. The minimum absolute atomic E-state index is 0.106. The zero-order valence-electron chi connectivity index (χ0n) is 11.0. The predicted molar refractivity (Wildman–Crippen MR) is 72.8 cm³/mol. The monoisotopic (exact) mass is 239 g/mol. The van der Waals surface area contributed by atoms with Crippen molar-refractivity contribution in [2.24, 2.45) is 0 Å². The normalized spacial score (nSPS) is 11.6. The molecule has 0 radical (unpaired) electrons. The van der Waals surface area contributed by atoms with Gasteiger partial charge in [0.1, 0.15) is 0 Å². The topological polar surface area (TPSA) is 23.5 Å². The second-order valence-electron chi connectivity index (χ2n) is 5.24. The number of thioether (sulfide) groups is 1. The van der Waals surface area contributed by atoms with Gasteiger partial charge in [0.05, 0.1) is 10.6 Å². The molecule has 3 heteroatoms. The van der Waals surface area contributed by atoms with Gasteiger partial charge in [-0.25, -0.2) is 0 Å². The fourth-order valence-corrected chi connectivity index (χ4v) is 2.58. The first-order valence-electron chi connectivity index (χ1n) is 5.40. The Hall–Kier alpha value is -0.830. The number of rotatable bonds is 2. The van der Waals surface area contributed by atoms with Gasteiger partial charge in [0.25, 0.3) is 0 Å². The summed E-state index contributed by atoms with van der Waals surface area (Å²) in [6, 6.07) is 4.04. The average molecular weight is 239 g/mol. The molecule has 0 fully saturated rings. The smallest absolute Gasteiger partial charge is 0.152 e. The van der Waals surface area contributed by atoms with E-state index in [1.54, 1.807) is 11.8 Å². The number of phenolic OH excluding ortho intramolecular Hbond substituents is 1. The van der Waals surface area contributed by atoms with Gasteiger partial charge in [-0.15, -0.1) is 11.8 Å². The average Bonchev–Trinajstić information content (AvgIpc) is 2.07. The lowest BCUT2D eigenvalue weighted by Crippen LogP contribution is -2.11. The molecule has 1 aromatic carbocycles. The largest absolute Gasteiger partial charge is 0.505 e. The Morgan fingerprint density at radius 1 is 1.19 bits per heavy atom. The van der Waals surface area contributed by atoms with Crippen LogP contribution >= 0.6 is 11.8 Å². The minimum Gasteiger partial charge on any atom is -0.505 e. The van der Waals surface area contributed by atoms with Gasteiger partial charge in [-0.05, 0) is 24.6 Å². The lowest BCUT2D eigenvalue weighted by atomic mass is 10.2. The van der Waals surface area contributed by atoms with E-state index in [1.165, 1.54) is 5.56 Å². The molecule has 0 saturated carbocycles. The molecular formula is C13H21NOS. The lowest BCUT2D eigenvalue weighted by molar-refractivity contribution is 0.462. The summed E-state index contributed by atoms with van der Waals surface area (Å²) in [6.45, 7) is 8.50. The molecule has 1 N–H and O–H groups in total. The second-order valence-corrected chi connectivity index (χ2v) is 7.11. The van der Waals surface area contributed by atoms with Crippen LogP contribution in [-0.2, 0) is 0 Å². The summed E-state index contributed by atoms with van der Waals surface area (Å²) in [6.07, 6.45) is 0. The van der Waals surface area contributed by atoms with Crippen LogP contribution in [0.4, 0.5) is 5.69 Å². The van der Waals surface area contributed by atoms with E-state index in [0.29, 0.717) is 5.75 Å². The molecule has 0 unspecified atom stereocenters. The van der Waals surface area contributed by atoms with Crippen molar-refractivity contribution < 1.29 is 5.11 Å². The molecule has 0 spiro atoms. The summed E-state index contributed by atoms with van der Waals surface area (Å²) in [5.74, 6) is 0.385. The summed E-state index contributed by atoms with van der Waals surface area (Å²) in [5, 5.41) is 10.2. The van der Waals surface area contributed by atoms with E-state index >= 15 is 0 Å². The van der Waals surface area contributed by atoms with Crippen LogP contribution in [0, 0.1) is 6.92 Å². The van der Waals surface area contributed by atoms with Crippen LogP contribution in [-0.4, -0.2) is 23.9 Å². The maximum absolute atomic E-state index is 10.2. The van der Waals surface area contributed by atoms with Crippen molar-refractivity contribution in [3.05, 3.63) is 17.7 Å². The maximum atomic E-state index is 10.2. The van der Waals surface area contributed by atoms with Crippen LogP contribution in [0.5, 0.6) is 5.75 Å². The van der Waals surface area contributed by atoms with Crippen molar-refractivity contribution in [2.75, 3.05) is 19.0 Å². The van der Waals surface area contributed by atoms with Gasteiger partial charge in [-0.1, -0.05) is 20.8 Å². The van der Waals surface area contributed by atoms with Gasteiger partial charge in [0.2, 0.25) is 0 Å². The van der Waals surface area contributed by atoms with Gasteiger partial charge in [-0.3, -0.25) is 0 Å². The summed E-state index contributed by atoms with van der Waals surface area (Å²) in [5.41, 5.74) is 2.06. The molecule has 0 atom stereocenters. The fraction of sp³-hybridized carbons (Fsp3) is 0.538. The highest BCUT2D eigenvalue weighted by Crippen LogP contribution is 2.42. The zero-order chi connectivity index (χ0) is 12.5. The maximum Gasteiger partial charge on any atom is 0.152 e. The Morgan fingerprint density at radius 3 is 2.19 bits per heavy atom. The van der Waals surface area contributed by atoms with Gasteiger partial charge >= 0.3 is 0 Å². The third kappa shape index (κ3) is 3.34. The highest BCUT2D eigenvalue weighted by Gasteiger charge is 2.17. The van der Waals surface area contributed by atoms with Crippen molar-refractivity contribution >= 4 is 17.4 Å². The van der Waals surface area contributed by atoms with Crippen molar-refractivity contribution in [3.8, 4) is 5.75 Å². The van der Waals surface area contributed by atoms with Crippen LogP contribution in [0.3, 0.4) is 0 Å². The molecule has 1 aromatic rings. The first kappa shape index (κ1) is 13.2. The number of anilines is 1. The Bertz CT molecular complexity index is 380. The minimum atomic E-state index is 0.106. The number of hydrogen-bond acceptors (Lipinski definition) is 3. The van der Waals surface area contributed by atoms with E-state index in [2.05, 4.69) is 27.7 Å². The first-order chi connectivity index (χ1) is 7.20. The molecule has 0 aliphatic rings. The lowest BCUT2D eigenvalue weighted by Gasteiger charge is -2.22. The summed E-state index contributed by atoms with van der Waals surface area (Å²) < 4.78 is 0.106. The quantitative estimate of drug-likeness (QED) is 0.797. The molecule has 0 aromatic heterocycles. The number of aromatic hydroxyl groups is 1. The van der Waals surface area contributed by atoms with E-state index in [9.17, 15) is 5.11 Å². The van der Waals surface area contributed by atoms with Crippen LogP contribution in [0.1, 0.15) is 26.3 Å². The van der Waals surface area contributed by atoms with Crippen molar-refractivity contribution in [3.63, 3.8) is 0 Å². The molecule has 2 nitrogen and oxygen atoms in total. The highest BCUT2D eigenvalue weighted by atomic mass is 32.2. The van der Waals surface area contributed by atoms with E-state index in [1.807, 2.05) is 31.1 Å². The summed E-state index contributed by atoms with van der Waals surface area (Å²) in [7, 11) is 3.89. The molecule has 0 aliphatic heterocycles. The number of nitrogens with zero attached hydrogens (tertiary/aromatic N) is 1. The van der Waals surface area contributed by atoms with Crippen LogP contribution in [0.2, 0.25) is 0 Å². The van der Waals surface area contributed by atoms with Gasteiger partial charge in [0, 0.05) is 18.8 Å². The standard InChI is InChI=1S/C13H21NOS/c1-9-7-10(14(5)6)12(15)11(8-9)16-13(2,3)4/h7-8,15H,1-6H3. The third-order valence-corrected chi connectivity index (χ3v) is 3.24. The van der Waals surface area contributed by atoms with Gasteiger partial charge in [-0.2, -0.15) is 0 Å². The van der Waals surface area contributed by atoms with Gasteiger partial charge in [0.15, 0.2) is 5.75 Å². The molecule has 0 amide bonds. The Kier molecular flexibility index (Phi) is 3.79. The summed E-state index contributed by atoms with van der Waals surface area (Å²) >= 11 is 1.70. The van der Waals surface area contributed by atoms with Crippen molar-refractivity contribution in [1.29, 1.82) is 0 Å². The Balaban J connectivity index is 3.19. The molecule has 0 aliphatic carbocycles. The fourth-order valence-electron chi connectivity index (χ4n) is 1.48. The van der Waals surface area contributed by atoms with Crippen LogP contribution < -0.4 is 4.90 Å². The SMILES string of the molecule is Cc1cc(SC(C)(C)C)c(O)c(N(C)C)c1. The third-order valence-electron chi connectivity index (χ3n) is 2.10. The molecule has 16 heavy (non-hydrogen) atoms. The number of hydrogen-bond donors (Lipinski definition) is 1. The van der Waals surface area contributed by atoms with E-state index in [-0.39, 0.29) is 4.75 Å². The molecule has 0 saturated heterocycles. The van der Waals surface area contributed by atoms with Crippen molar-refractivity contribution in [2.45, 2.75) is 37.3 Å².